The van der Waals surface area contributed by atoms with Crippen LogP contribution in [0, 0.1) is 0 Å². The molecule has 28 heavy (non-hydrogen) atoms. The highest BCUT2D eigenvalue weighted by atomic mass is 79.9. The van der Waals surface area contributed by atoms with Gasteiger partial charge in [-0.2, -0.15) is 0 Å². The molecular weight excluding hydrogens is 432 g/mol. The predicted molar refractivity (Wildman–Crippen MR) is 120 cm³/mol. The van der Waals surface area contributed by atoms with E-state index in [0.29, 0.717) is 6.04 Å². The Morgan fingerprint density at radius 3 is 2.43 bits per heavy atom. The maximum Gasteiger partial charge on any atom is 0.253 e. The lowest BCUT2D eigenvalue weighted by atomic mass is 10.0. The summed E-state index contributed by atoms with van der Waals surface area (Å²) in [6.07, 6.45) is 2.01. The lowest BCUT2D eigenvalue weighted by Gasteiger charge is -2.32. The number of likely N-dealkylation sites (tertiary alicyclic amines) is 1. The molecule has 144 valence electrons. The fourth-order valence-electron chi connectivity index (χ4n) is 3.54. The minimum absolute atomic E-state index is 0.149. The first-order valence-corrected chi connectivity index (χ1v) is 11.2. The monoisotopic (exact) mass is 454 g/mol. The van der Waals surface area contributed by atoms with Gasteiger partial charge in [0.2, 0.25) is 0 Å². The van der Waals surface area contributed by atoms with E-state index in [2.05, 4.69) is 57.6 Å². The van der Waals surface area contributed by atoms with Gasteiger partial charge in [0, 0.05) is 45.5 Å². The highest BCUT2D eigenvalue weighted by molar-refractivity contribution is 9.10. The van der Waals surface area contributed by atoms with Crippen LogP contribution < -0.4 is 5.32 Å². The first-order valence-electron chi connectivity index (χ1n) is 9.61. The molecule has 2 heterocycles. The summed E-state index contributed by atoms with van der Waals surface area (Å²) in [5, 5.41) is 3.68. The number of piperidine rings is 1. The molecule has 4 rings (SSSR count). The second kappa shape index (κ2) is 9.03. The number of benzene rings is 2. The van der Waals surface area contributed by atoms with Crippen LogP contribution in [0.15, 0.2) is 71.2 Å². The van der Waals surface area contributed by atoms with Crippen molar-refractivity contribution in [1.29, 1.82) is 0 Å². The van der Waals surface area contributed by atoms with Crippen molar-refractivity contribution in [2.75, 3.05) is 13.1 Å². The second-order valence-electron chi connectivity index (χ2n) is 7.09. The highest BCUT2D eigenvalue weighted by Crippen LogP contribution is 2.29. The van der Waals surface area contributed by atoms with Gasteiger partial charge in [0.05, 0.1) is 0 Å². The van der Waals surface area contributed by atoms with Crippen LogP contribution in [0.4, 0.5) is 0 Å². The maximum absolute atomic E-state index is 12.5. The summed E-state index contributed by atoms with van der Waals surface area (Å²) in [5.41, 5.74) is 2.04. The molecule has 0 saturated carbocycles. The number of carbonyl (C=O) groups is 1. The lowest BCUT2D eigenvalue weighted by Crippen LogP contribution is -2.44. The number of thiophene rings is 1. The van der Waals surface area contributed by atoms with E-state index in [1.54, 1.807) is 0 Å². The molecule has 3 nitrogen and oxygen atoms in total. The molecule has 0 atom stereocenters. The van der Waals surface area contributed by atoms with E-state index in [0.717, 1.165) is 42.5 Å². The Kier molecular flexibility index (Phi) is 6.25. The molecule has 5 heteroatoms. The van der Waals surface area contributed by atoms with Gasteiger partial charge < -0.3 is 10.2 Å². The summed E-state index contributed by atoms with van der Waals surface area (Å²) in [5.74, 6) is 0.149. The Morgan fingerprint density at radius 1 is 1.00 bits per heavy atom. The Hall–Kier alpha value is -1.95. The van der Waals surface area contributed by atoms with E-state index >= 15 is 0 Å². The van der Waals surface area contributed by atoms with E-state index in [1.807, 2.05) is 46.6 Å². The molecule has 0 unspecified atom stereocenters. The molecule has 0 radical (unpaired) electrons. The topological polar surface area (TPSA) is 32.3 Å². The number of halogens is 1. The quantitative estimate of drug-likeness (QED) is 0.546. The average Bonchev–Trinajstić information content (AvgIpc) is 3.22. The number of hydrogen-bond acceptors (Lipinski definition) is 3. The Balaban J connectivity index is 1.27. The number of nitrogens with one attached hydrogen (secondary N) is 1. The van der Waals surface area contributed by atoms with Crippen LogP contribution >= 0.6 is 27.3 Å². The fraction of sp³-hybridized carbons (Fsp3) is 0.261. The zero-order chi connectivity index (χ0) is 19.3. The van der Waals surface area contributed by atoms with Crippen LogP contribution in [0.5, 0.6) is 0 Å². The van der Waals surface area contributed by atoms with Gasteiger partial charge >= 0.3 is 0 Å². The molecule has 0 aliphatic carbocycles. The van der Waals surface area contributed by atoms with Gasteiger partial charge in [-0.05, 0) is 54.8 Å². The van der Waals surface area contributed by atoms with Crippen molar-refractivity contribution in [3.05, 3.63) is 81.6 Å². The van der Waals surface area contributed by atoms with Crippen LogP contribution in [-0.4, -0.2) is 29.9 Å². The van der Waals surface area contributed by atoms with E-state index in [-0.39, 0.29) is 5.91 Å². The van der Waals surface area contributed by atoms with Gasteiger partial charge in [-0.15, -0.1) is 11.3 Å². The van der Waals surface area contributed by atoms with Crippen molar-refractivity contribution >= 4 is 33.2 Å². The van der Waals surface area contributed by atoms with Crippen LogP contribution in [-0.2, 0) is 6.54 Å². The summed E-state index contributed by atoms with van der Waals surface area (Å²) >= 11 is 5.33. The molecule has 0 spiro atoms. The Morgan fingerprint density at radius 2 is 1.71 bits per heavy atom. The van der Waals surface area contributed by atoms with Crippen molar-refractivity contribution in [3.63, 3.8) is 0 Å². The van der Waals surface area contributed by atoms with Gasteiger partial charge in [-0.25, -0.2) is 0 Å². The molecule has 1 aromatic heterocycles. The third-order valence-corrected chi connectivity index (χ3v) is 6.82. The molecule has 1 N–H and O–H groups in total. The van der Waals surface area contributed by atoms with E-state index in [9.17, 15) is 4.79 Å². The summed E-state index contributed by atoms with van der Waals surface area (Å²) < 4.78 is 1.10. The molecule has 1 amide bonds. The third kappa shape index (κ3) is 4.72. The van der Waals surface area contributed by atoms with Crippen LogP contribution in [0.3, 0.4) is 0 Å². The molecule has 1 saturated heterocycles. The van der Waals surface area contributed by atoms with Crippen LogP contribution in [0.1, 0.15) is 28.1 Å². The van der Waals surface area contributed by atoms with Gasteiger partial charge in [0.1, 0.15) is 0 Å². The van der Waals surface area contributed by atoms with Crippen molar-refractivity contribution in [1.82, 2.24) is 10.2 Å². The number of carbonyl (C=O) groups excluding carboxylic acids is 1. The van der Waals surface area contributed by atoms with Crippen molar-refractivity contribution in [3.8, 4) is 10.4 Å². The summed E-state index contributed by atoms with van der Waals surface area (Å²) in [6, 6.07) is 22.9. The van der Waals surface area contributed by atoms with Gasteiger partial charge in [0.15, 0.2) is 0 Å². The SMILES string of the molecule is O=C(c1ccccc1)N1CCC(NCc2ccc(-c3ccc(Br)cc3)s2)CC1. The minimum atomic E-state index is 0.149. The summed E-state index contributed by atoms with van der Waals surface area (Å²) in [6.45, 7) is 2.53. The number of rotatable bonds is 5. The molecule has 0 bridgehead atoms. The molecule has 1 fully saturated rings. The van der Waals surface area contributed by atoms with E-state index < -0.39 is 0 Å². The van der Waals surface area contributed by atoms with Gasteiger partial charge in [-0.3, -0.25) is 4.79 Å². The Bertz CT molecular complexity index is 915. The first-order chi connectivity index (χ1) is 13.7. The first kappa shape index (κ1) is 19.4. The smallest absolute Gasteiger partial charge is 0.253 e. The maximum atomic E-state index is 12.5. The number of amides is 1. The molecule has 2 aromatic carbocycles. The third-order valence-electron chi connectivity index (χ3n) is 5.16. The highest BCUT2D eigenvalue weighted by Gasteiger charge is 2.23. The van der Waals surface area contributed by atoms with Crippen molar-refractivity contribution in [2.45, 2.75) is 25.4 Å². The predicted octanol–water partition coefficient (Wildman–Crippen LogP) is 5.57. The summed E-state index contributed by atoms with van der Waals surface area (Å²) in [7, 11) is 0. The second-order valence-corrected chi connectivity index (χ2v) is 9.17. The zero-order valence-corrected chi connectivity index (χ0v) is 18.0. The molecular formula is C23H23BrN2OS. The van der Waals surface area contributed by atoms with Gasteiger partial charge in [-0.1, -0.05) is 46.3 Å². The molecule has 1 aliphatic rings. The Labute approximate surface area is 178 Å². The van der Waals surface area contributed by atoms with E-state index in [4.69, 9.17) is 0 Å². The van der Waals surface area contributed by atoms with Crippen LogP contribution in [0.25, 0.3) is 10.4 Å². The zero-order valence-electron chi connectivity index (χ0n) is 15.6. The van der Waals surface area contributed by atoms with Gasteiger partial charge in [0.25, 0.3) is 5.91 Å². The molecule has 3 aromatic rings. The summed E-state index contributed by atoms with van der Waals surface area (Å²) in [4.78, 5) is 17.2. The largest absolute Gasteiger partial charge is 0.339 e. The standard InChI is InChI=1S/C23H23BrN2OS/c24-19-8-6-17(7-9-19)22-11-10-21(28-22)16-25-20-12-14-26(15-13-20)23(27)18-4-2-1-3-5-18/h1-11,20,25H,12-16H2. The number of nitrogens with zero attached hydrogens (tertiary/aromatic N) is 1. The van der Waals surface area contributed by atoms with Crippen molar-refractivity contribution in [2.24, 2.45) is 0 Å². The van der Waals surface area contributed by atoms with Crippen LogP contribution in [0.2, 0.25) is 0 Å². The normalized spacial score (nSPS) is 15.0. The fourth-order valence-corrected chi connectivity index (χ4v) is 4.77. The van der Waals surface area contributed by atoms with E-state index in [1.165, 1.54) is 15.3 Å². The number of hydrogen-bond donors (Lipinski definition) is 1. The lowest BCUT2D eigenvalue weighted by molar-refractivity contribution is 0.0705. The van der Waals surface area contributed by atoms with Crippen molar-refractivity contribution < 1.29 is 4.79 Å². The minimum Gasteiger partial charge on any atom is -0.339 e. The molecule has 1 aliphatic heterocycles. The average molecular weight is 455 g/mol.